The molecule has 1 N–H and O–H groups in total. The zero-order chi connectivity index (χ0) is 17.0. The van der Waals surface area contributed by atoms with Crippen LogP contribution >= 0.6 is 23.1 Å². The molecule has 23 heavy (non-hydrogen) atoms. The molecular formula is C17H16FNO2S2. The van der Waals surface area contributed by atoms with Crippen molar-refractivity contribution in [1.29, 1.82) is 5.26 Å². The van der Waals surface area contributed by atoms with Crippen molar-refractivity contribution in [1.82, 2.24) is 0 Å². The van der Waals surface area contributed by atoms with E-state index in [1.165, 1.54) is 6.07 Å². The summed E-state index contributed by atoms with van der Waals surface area (Å²) < 4.78 is 13.6. The number of thiophene rings is 1. The molecule has 0 bridgehead atoms. The molecule has 0 atom stereocenters. The van der Waals surface area contributed by atoms with E-state index >= 15 is 0 Å². The number of hydrogen-bond acceptors (Lipinski definition) is 4. The second kappa shape index (κ2) is 7.62. The molecule has 0 fully saturated rings. The van der Waals surface area contributed by atoms with E-state index in [0.29, 0.717) is 21.3 Å². The van der Waals surface area contributed by atoms with Gasteiger partial charge in [-0.15, -0.1) is 23.1 Å². The van der Waals surface area contributed by atoms with Gasteiger partial charge in [-0.05, 0) is 36.6 Å². The van der Waals surface area contributed by atoms with Gasteiger partial charge in [-0.3, -0.25) is 0 Å². The number of carboxylic acid groups (broad SMARTS) is 1. The second-order valence-electron chi connectivity index (χ2n) is 4.97. The maximum Gasteiger partial charge on any atom is 0.348 e. The number of rotatable bonds is 6. The molecule has 1 heterocycles. The van der Waals surface area contributed by atoms with Crippen molar-refractivity contribution in [2.45, 2.75) is 36.8 Å². The Hall–Kier alpha value is -1.84. The van der Waals surface area contributed by atoms with Crippen molar-refractivity contribution in [2.24, 2.45) is 0 Å². The van der Waals surface area contributed by atoms with Crippen molar-refractivity contribution < 1.29 is 14.3 Å². The summed E-state index contributed by atoms with van der Waals surface area (Å²) in [6.07, 6.45) is 2.04. The number of hydrogen-bond donors (Lipinski definition) is 1. The summed E-state index contributed by atoms with van der Waals surface area (Å²) in [5.74, 6) is -2.02. The van der Waals surface area contributed by atoms with Gasteiger partial charge >= 0.3 is 5.97 Å². The number of thioether (sulfide) groups is 1. The topological polar surface area (TPSA) is 61.1 Å². The first-order valence-electron chi connectivity index (χ1n) is 7.23. The minimum absolute atomic E-state index is 0.311. The van der Waals surface area contributed by atoms with Gasteiger partial charge in [0.15, 0.2) is 0 Å². The molecule has 0 saturated carbocycles. The Morgan fingerprint density at radius 3 is 2.61 bits per heavy atom. The Kier molecular flexibility index (Phi) is 5.80. The smallest absolute Gasteiger partial charge is 0.348 e. The van der Waals surface area contributed by atoms with Gasteiger partial charge in [-0.25, -0.2) is 9.18 Å². The summed E-state index contributed by atoms with van der Waals surface area (Å²) in [6, 6.07) is 8.74. The lowest BCUT2D eigenvalue weighted by Crippen LogP contribution is -1.98. The van der Waals surface area contributed by atoms with E-state index in [-0.39, 0.29) is 4.88 Å². The van der Waals surface area contributed by atoms with Crippen LogP contribution in [0.3, 0.4) is 0 Å². The lowest BCUT2D eigenvalue weighted by molar-refractivity contribution is 0.0697. The third-order valence-corrected chi connectivity index (χ3v) is 6.23. The van der Waals surface area contributed by atoms with Crippen LogP contribution in [0.25, 0.3) is 10.4 Å². The van der Waals surface area contributed by atoms with E-state index in [2.05, 4.69) is 19.9 Å². The number of benzene rings is 1. The van der Waals surface area contributed by atoms with Gasteiger partial charge in [0.25, 0.3) is 0 Å². The summed E-state index contributed by atoms with van der Waals surface area (Å²) in [5.41, 5.74) is 1.19. The lowest BCUT2D eigenvalue weighted by Gasteiger charge is -2.13. The predicted molar refractivity (Wildman–Crippen MR) is 91.6 cm³/mol. The summed E-state index contributed by atoms with van der Waals surface area (Å²) >= 11 is 2.55. The summed E-state index contributed by atoms with van der Waals surface area (Å²) in [7, 11) is 0. The van der Waals surface area contributed by atoms with Crippen LogP contribution in [0.4, 0.5) is 4.39 Å². The summed E-state index contributed by atoms with van der Waals surface area (Å²) in [6.45, 7) is 4.23. The van der Waals surface area contributed by atoms with E-state index in [9.17, 15) is 14.4 Å². The first-order chi connectivity index (χ1) is 11.0. The highest BCUT2D eigenvalue weighted by atomic mass is 32.2. The van der Waals surface area contributed by atoms with Crippen molar-refractivity contribution in [3.05, 3.63) is 40.5 Å². The molecule has 3 nitrogen and oxygen atoms in total. The molecule has 0 amide bonds. The molecule has 1 aromatic heterocycles. The Labute approximate surface area is 142 Å². The Balaban J connectivity index is 2.37. The minimum atomic E-state index is -1.28. The first kappa shape index (κ1) is 17.5. The molecule has 0 saturated heterocycles. The molecule has 1 aromatic carbocycles. The number of aromatic carboxylic acids is 1. The molecule has 6 heteroatoms. The number of nitriles is 1. The maximum atomic E-state index is 13.6. The number of carboxylic acids is 1. The standard InChI is InChI=1S/C17H16FNO2S2/c1-3-12(4-2)22-14-6-5-10(7-11(14)9-19)15-8-13(18)16(23-15)17(20)21/h5-8,12H,3-4H2,1-2H3,(H,20,21). The van der Waals surface area contributed by atoms with Gasteiger partial charge in [0, 0.05) is 15.0 Å². The summed E-state index contributed by atoms with van der Waals surface area (Å²) in [5, 5.41) is 18.8. The minimum Gasteiger partial charge on any atom is -0.477 e. The van der Waals surface area contributed by atoms with E-state index < -0.39 is 11.8 Å². The predicted octanol–water partition coefficient (Wildman–Crippen LogP) is 5.40. The van der Waals surface area contributed by atoms with E-state index in [1.54, 1.807) is 17.8 Å². The van der Waals surface area contributed by atoms with Gasteiger partial charge < -0.3 is 5.11 Å². The van der Waals surface area contributed by atoms with Crippen molar-refractivity contribution in [3.63, 3.8) is 0 Å². The monoisotopic (exact) mass is 349 g/mol. The van der Waals surface area contributed by atoms with Gasteiger partial charge in [0.05, 0.1) is 5.56 Å². The molecule has 120 valence electrons. The van der Waals surface area contributed by atoms with Crippen molar-refractivity contribution >= 4 is 29.1 Å². The highest BCUT2D eigenvalue weighted by molar-refractivity contribution is 8.00. The van der Waals surface area contributed by atoms with Gasteiger partial charge in [-0.2, -0.15) is 5.26 Å². The third kappa shape index (κ3) is 3.92. The van der Waals surface area contributed by atoms with Crippen molar-refractivity contribution in [2.75, 3.05) is 0 Å². The van der Waals surface area contributed by atoms with Crippen LogP contribution in [0.2, 0.25) is 0 Å². The van der Waals surface area contributed by atoms with E-state index in [1.807, 2.05) is 12.1 Å². The zero-order valence-electron chi connectivity index (χ0n) is 12.8. The van der Waals surface area contributed by atoms with Crippen LogP contribution in [0.15, 0.2) is 29.2 Å². The molecule has 0 radical (unpaired) electrons. The molecular weight excluding hydrogens is 333 g/mol. The Morgan fingerprint density at radius 2 is 2.09 bits per heavy atom. The molecule has 0 unspecified atom stereocenters. The average molecular weight is 349 g/mol. The number of carbonyl (C=O) groups is 1. The van der Waals surface area contributed by atoms with Crippen LogP contribution in [-0.4, -0.2) is 16.3 Å². The second-order valence-corrected chi connectivity index (χ2v) is 7.37. The fourth-order valence-electron chi connectivity index (χ4n) is 2.17. The van der Waals surface area contributed by atoms with Crippen LogP contribution in [-0.2, 0) is 0 Å². The summed E-state index contributed by atoms with van der Waals surface area (Å²) in [4.78, 5) is 12.0. The van der Waals surface area contributed by atoms with E-state index in [0.717, 1.165) is 29.1 Å². The van der Waals surface area contributed by atoms with E-state index in [4.69, 9.17) is 5.11 Å². The quantitative estimate of drug-likeness (QED) is 0.709. The number of nitrogens with zero attached hydrogens (tertiary/aromatic N) is 1. The fourth-order valence-corrected chi connectivity index (χ4v) is 4.11. The lowest BCUT2D eigenvalue weighted by atomic mass is 10.1. The molecule has 0 aliphatic rings. The average Bonchev–Trinajstić information content (AvgIpc) is 2.94. The van der Waals surface area contributed by atoms with Gasteiger partial charge in [0.2, 0.25) is 0 Å². The van der Waals surface area contributed by atoms with Crippen molar-refractivity contribution in [3.8, 4) is 16.5 Å². The van der Waals surface area contributed by atoms with Crippen LogP contribution in [0, 0.1) is 17.1 Å². The zero-order valence-corrected chi connectivity index (χ0v) is 14.4. The largest absolute Gasteiger partial charge is 0.477 e. The Bertz CT molecular complexity index is 760. The first-order valence-corrected chi connectivity index (χ1v) is 8.93. The van der Waals surface area contributed by atoms with Crippen LogP contribution in [0.1, 0.15) is 41.9 Å². The van der Waals surface area contributed by atoms with Crippen LogP contribution < -0.4 is 0 Å². The highest BCUT2D eigenvalue weighted by Crippen LogP contribution is 2.35. The normalized spacial score (nSPS) is 10.7. The highest BCUT2D eigenvalue weighted by Gasteiger charge is 2.17. The molecule has 0 aliphatic carbocycles. The molecule has 0 aliphatic heterocycles. The number of halogens is 1. The molecule has 2 aromatic rings. The maximum absolute atomic E-state index is 13.6. The van der Waals surface area contributed by atoms with Gasteiger partial charge in [0.1, 0.15) is 16.8 Å². The van der Waals surface area contributed by atoms with Crippen LogP contribution in [0.5, 0.6) is 0 Å². The third-order valence-electron chi connectivity index (χ3n) is 3.47. The fraction of sp³-hybridized carbons (Fsp3) is 0.294. The molecule has 0 spiro atoms. The SMILES string of the molecule is CCC(CC)Sc1ccc(-c2cc(F)c(C(=O)O)s2)cc1C#N. The molecule has 2 rings (SSSR count). The van der Waals surface area contributed by atoms with Gasteiger partial charge in [-0.1, -0.05) is 19.9 Å². The Morgan fingerprint density at radius 1 is 1.39 bits per heavy atom.